The van der Waals surface area contributed by atoms with Crippen molar-refractivity contribution in [3.8, 4) is 44.5 Å². The third-order valence-corrected chi connectivity index (χ3v) is 13.2. The molecule has 9 aromatic rings. The molecule has 302 valence electrons. The molecule has 2 aliphatic carbocycles. The van der Waals surface area contributed by atoms with Gasteiger partial charge in [0, 0.05) is 39.2 Å². The molecule has 8 aromatic carbocycles. The molecule has 62 heavy (non-hydrogen) atoms. The van der Waals surface area contributed by atoms with E-state index in [0.29, 0.717) is 0 Å². The SMILES string of the molecule is CC1c2ccccc2-c2cc3c4cc(-c5ccc(N(c6ccc(-c7ccccc7)cc6)c6ccc7c(c6)C(C)(C)c6ccccc6-7)cc5)ccc4n(C(=O)OC(C)(C)C)c3cc21. The zero-order valence-corrected chi connectivity index (χ0v) is 36.0. The van der Waals surface area contributed by atoms with E-state index < -0.39 is 5.60 Å². The summed E-state index contributed by atoms with van der Waals surface area (Å²) < 4.78 is 7.80. The summed E-state index contributed by atoms with van der Waals surface area (Å²) in [6, 6.07) is 63.7. The fraction of sp³-hybridized carbons (Fsp3) is 0.155. The Morgan fingerprint density at radius 3 is 1.79 bits per heavy atom. The Bertz CT molecular complexity index is 3240. The monoisotopic (exact) mass is 804 g/mol. The van der Waals surface area contributed by atoms with Crippen molar-refractivity contribution in [1.29, 1.82) is 0 Å². The van der Waals surface area contributed by atoms with Crippen molar-refractivity contribution < 1.29 is 9.53 Å². The molecule has 11 rings (SSSR count). The van der Waals surface area contributed by atoms with E-state index in [-0.39, 0.29) is 17.4 Å². The van der Waals surface area contributed by atoms with Gasteiger partial charge in [0.2, 0.25) is 0 Å². The quantitative estimate of drug-likeness (QED) is 0.174. The lowest BCUT2D eigenvalue weighted by atomic mass is 9.82. The zero-order valence-electron chi connectivity index (χ0n) is 36.0. The predicted molar refractivity (Wildman–Crippen MR) is 257 cm³/mol. The number of hydrogen-bond acceptors (Lipinski definition) is 3. The molecule has 0 amide bonds. The van der Waals surface area contributed by atoms with Crippen molar-refractivity contribution in [2.45, 2.75) is 58.5 Å². The fourth-order valence-electron chi connectivity index (χ4n) is 10.2. The fourth-order valence-corrected chi connectivity index (χ4v) is 10.2. The highest BCUT2D eigenvalue weighted by Gasteiger charge is 2.36. The van der Waals surface area contributed by atoms with Gasteiger partial charge in [0.15, 0.2) is 0 Å². The number of hydrogen-bond donors (Lipinski definition) is 0. The first-order valence-corrected chi connectivity index (χ1v) is 21.7. The molecular weight excluding hydrogens is 757 g/mol. The first-order valence-electron chi connectivity index (χ1n) is 21.7. The van der Waals surface area contributed by atoms with Crippen LogP contribution in [-0.2, 0) is 10.2 Å². The normalized spacial score (nSPS) is 14.6. The summed E-state index contributed by atoms with van der Waals surface area (Å²) in [5, 5.41) is 2.06. The highest BCUT2D eigenvalue weighted by molar-refractivity contribution is 6.15. The van der Waals surface area contributed by atoms with Crippen molar-refractivity contribution in [1.82, 2.24) is 4.57 Å². The summed E-state index contributed by atoms with van der Waals surface area (Å²) in [6.45, 7) is 12.7. The van der Waals surface area contributed by atoms with Crippen molar-refractivity contribution in [3.05, 3.63) is 198 Å². The van der Waals surface area contributed by atoms with Gasteiger partial charge in [0.25, 0.3) is 0 Å². The van der Waals surface area contributed by atoms with Crippen LogP contribution in [0.5, 0.6) is 0 Å². The van der Waals surface area contributed by atoms with Gasteiger partial charge in [-0.3, -0.25) is 0 Å². The minimum atomic E-state index is -0.638. The predicted octanol–water partition coefficient (Wildman–Crippen LogP) is 15.8. The summed E-state index contributed by atoms with van der Waals surface area (Å²) >= 11 is 0. The first kappa shape index (κ1) is 37.8. The van der Waals surface area contributed by atoms with E-state index in [9.17, 15) is 4.79 Å². The van der Waals surface area contributed by atoms with Gasteiger partial charge in [-0.15, -0.1) is 0 Å². The molecule has 1 unspecified atom stereocenters. The molecule has 0 N–H and O–H groups in total. The van der Waals surface area contributed by atoms with E-state index in [2.05, 4.69) is 202 Å². The molecule has 0 spiro atoms. The third kappa shape index (κ3) is 6.00. The maximum atomic E-state index is 14.0. The molecule has 0 saturated heterocycles. The summed E-state index contributed by atoms with van der Waals surface area (Å²) in [4.78, 5) is 16.4. The van der Waals surface area contributed by atoms with E-state index in [0.717, 1.165) is 50.0 Å². The number of aromatic nitrogens is 1. The lowest BCUT2D eigenvalue weighted by Gasteiger charge is -2.28. The van der Waals surface area contributed by atoms with Crippen LogP contribution in [0, 0.1) is 0 Å². The molecule has 2 aliphatic rings. The minimum Gasteiger partial charge on any atom is -0.443 e. The van der Waals surface area contributed by atoms with Crippen molar-refractivity contribution >= 4 is 45.0 Å². The van der Waals surface area contributed by atoms with E-state index in [1.165, 1.54) is 55.6 Å². The number of ether oxygens (including phenoxy) is 1. The molecule has 1 aromatic heterocycles. The van der Waals surface area contributed by atoms with Gasteiger partial charge in [-0.05, 0) is 148 Å². The number of anilines is 3. The largest absolute Gasteiger partial charge is 0.443 e. The minimum absolute atomic E-state index is 0.123. The summed E-state index contributed by atoms with van der Waals surface area (Å²) in [5.41, 5.74) is 19.1. The molecule has 0 fully saturated rings. The van der Waals surface area contributed by atoms with Crippen molar-refractivity contribution in [2.24, 2.45) is 0 Å². The van der Waals surface area contributed by atoms with Gasteiger partial charge < -0.3 is 9.64 Å². The highest BCUT2D eigenvalue weighted by atomic mass is 16.6. The van der Waals surface area contributed by atoms with Gasteiger partial charge in [-0.2, -0.15) is 0 Å². The molecule has 0 saturated carbocycles. The van der Waals surface area contributed by atoms with E-state index in [4.69, 9.17) is 4.74 Å². The summed E-state index contributed by atoms with van der Waals surface area (Å²) in [6.07, 6.45) is -0.367. The zero-order chi connectivity index (χ0) is 42.5. The number of fused-ring (bicyclic) bond motifs is 9. The topological polar surface area (TPSA) is 34.5 Å². The Balaban J connectivity index is 1.02. The van der Waals surface area contributed by atoms with Crippen LogP contribution in [0.1, 0.15) is 69.7 Å². The summed E-state index contributed by atoms with van der Waals surface area (Å²) in [7, 11) is 0. The maximum Gasteiger partial charge on any atom is 0.419 e. The number of benzene rings is 8. The van der Waals surface area contributed by atoms with Gasteiger partial charge in [-0.25, -0.2) is 9.36 Å². The van der Waals surface area contributed by atoms with Crippen LogP contribution in [0.25, 0.3) is 66.3 Å². The molecular formula is C58H48N2O2. The Hall–Kier alpha value is -7.17. The third-order valence-electron chi connectivity index (χ3n) is 13.2. The molecule has 4 heteroatoms. The van der Waals surface area contributed by atoms with Gasteiger partial charge in [0.1, 0.15) is 5.60 Å². The van der Waals surface area contributed by atoms with E-state index in [1.54, 1.807) is 4.57 Å². The van der Waals surface area contributed by atoms with E-state index in [1.807, 2.05) is 20.8 Å². The number of nitrogens with zero attached hydrogens (tertiary/aromatic N) is 2. The molecule has 1 heterocycles. The van der Waals surface area contributed by atoms with Gasteiger partial charge >= 0.3 is 6.09 Å². The Labute approximate surface area is 363 Å². The Morgan fingerprint density at radius 2 is 1.08 bits per heavy atom. The van der Waals surface area contributed by atoms with Crippen LogP contribution in [0.15, 0.2) is 176 Å². The molecule has 1 atom stereocenters. The van der Waals surface area contributed by atoms with Crippen LogP contribution in [0.3, 0.4) is 0 Å². The smallest absolute Gasteiger partial charge is 0.419 e. The highest BCUT2D eigenvalue weighted by Crippen LogP contribution is 2.51. The Kier molecular flexibility index (Phi) is 8.50. The standard InChI is InChI=1S/C58H48N2O2/c1-36-44-16-10-11-17-45(44)49-34-51-50-32-40(24-31-54(50)60(55(51)35-48(36)49)56(61)62-57(2,3)4)39-22-27-42(28-23-39)59(41-25-20-38(21-26-41)37-14-8-7-9-15-37)43-29-30-47-46-18-12-13-19-52(46)58(5,6)53(47)33-43/h7-36H,1-6H3. The van der Waals surface area contributed by atoms with Crippen LogP contribution >= 0.6 is 0 Å². The molecule has 4 nitrogen and oxygen atoms in total. The van der Waals surface area contributed by atoms with Crippen molar-refractivity contribution in [2.75, 3.05) is 4.90 Å². The molecule has 0 aliphatic heterocycles. The van der Waals surface area contributed by atoms with Gasteiger partial charge in [-0.1, -0.05) is 136 Å². The first-order chi connectivity index (χ1) is 29.9. The Morgan fingerprint density at radius 1 is 0.516 bits per heavy atom. The van der Waals surface area contributed by atoms with Crippen LogP contribution in [0.4, 0.5) is 21.9 Å². The van der Waals surface area contributed by atoms with Crippen LogP contribution < -0.4 is 4.90 Å². The molecule has 0 bridgehead atoms. The second kappa shape index (κ2) is 13.9. The van der Waals surface area contributed by atoms with Crippen molar-refractivity contribution in [3.63, 3.8) is 0 Å². The molecule has 0 radical (unpaired) electrons. The number of carbonyl (C=O) groups excluding carboxylic acids is 1. The lowest BCUT2D eigenvalue weighted by Crippen LogP contribution is -2.27. The summed E-state index contributed by atoms with van der Waals surface area (Å²) in [5.74, 6) is 0.228. The number of rotatable bonds is 5. The second-order valence-electron chi connectivity index (χ2n) is 18.5. The lowest BCUT2D eigenvalue weighted by molar-refractivity contribution is 0.0551. The van der Waals surface area contributed by atoms with E-state index >= 15 is 0 Å². The number of carbonyl (C=O) groups is 1. The van der Waals surface area contributed by atoms with Gasteiger partial charge in [0.05, 0.1) is 11.0 Å². The maximum absolute atomic E-state index is 14.0. The van der Waals surface area contributed by atoms with Crippen LogP contribution in [0.2, 0.25) is 0 Å². The second-order valence-corrected chi connectivity index (χ2v) is 18.5. The van der Waals surface area contributed by atoms with Crippen LogP contribution in [-0.4, -0.2) is 16.3 Å². The average molecular weight is 805 g/mol. The average Bonchev–Trinajstić information content (AvgIpc) is 3.84.